The van der Waals surface area contributed by atoms with Gasteiger partial charge in [0, 0.05) is 29.6 Å². The van der Waals surface area contributed by atoms with Crippen molar-refractivity contribution in [3.05, 3.63) is 124 Å². The molecule has 1 atom stereocenters. The van der Waals surface area contributed by atoms with E-state index in [4.69, 9.17) is 27.9 Å². The van der Waals surface area contributed by atoms with Gasteiger partial charge in [-0.25, -0.2) is 8.42 Å². The summed E-state index contributed by atoms with van der Waals surface area (Å²) in [6.45, 7) is 1.81. The van der Waals surface area contributed by atoms with Crippen molar-refractivity contribution in [2.75, 3.05) is 24.5 Å². The molecule has 0 saturated carbocycles. The van der Waals surface area contributed by atoms with Crippen LogP contribution in [0.5, 0.6) is 5.75 Å². The third-order valence-electron chi connectivity index (χ3n) is 7.43. The number of carbonyl (C=O) groups excluding carboxylic acids is 2. The van der Waals surface area contributed by atoms with E-state index in [0.717, 1.165) is 22.7 Å². The number of methoxy groups -OCH3 is 1. The summed E-state index contributed by atoms with van der Waals surface area (Å²) in [5, 5.41) is 3.71. The number of ether oxygens (including phenoxy) is 1. The molecule has 1 N–H and O–H groups in total. The van der Waals surface area contributed by atoms with Crippen molar-refractivity contribution in [3.8, 4) is 5.75 Å². The topological polar surface area (TPSA) is 96.0 Å². The molecule has 242 valence electrons. The number of hydrogen-bond acceptors (Lipinski definition) is 5. The Balaban J connectivity index is 1.80. The van der Waals surface area contributed by atoms with Crippen molar-refractivity contribution in [2.45, 2.75) is 43.7 Å². The fourth-order valence-corrected chi connectivity index (χ4v) is 6.79. The molecule has 0 aromatic heterocycles. The standard InChI is InChI=1S/C35H37Cl2N3O5S/c1-3-4-21-38-35(42)33(22-26-11-7-5-8-12-26)39(24-27-15-16-28(36)23-32(27)37)34(41)25-40(29-17-19-30(45-2)20-18-29)46(43,44)31-13-9-6-10-14-31/h5-20,23,33H,3-4,21-22,24-25H2,1-2H3,(H,38,42)/t33-/m0/s1. The summed E-state index contributed by atoms with van der Waals surface area (Å²) in [6.07, 6.45) is 1.84. The number of sulfonamides is 1. The summed E-state index contributed by atoms with van der Waals surface area (Å²) < 4.78 is 34.5. The third-order valence-corrected chi connectivity index (χ3v) is 9.80. The Morgan fingerprint density at radius 1 is 0.891 bits per heavy atom. The molecule has 2 amide bonds. The lowest BCUT2D eigenvalue weighted by atomic mass is 10.0. The average molecular weight is 683 g/mol. The Hall–Kier alpha value is -4.05. The normalized spacial score (nSPS) is 11.8. The van der Waals surface area contributed by atoms with Crippen molar-refractivity contribution >= 4 is 50.7 Å². The fraction of sp³-hybridized carbons (Fsp3) is 0.257. The lowest BCUT2D eigenvalue weighted by Gasteiger charge is -2.34. The first-order chi connectivity index (χ1) is 22.1. The van der Waals surface area contributed by atoms with Gasteiger partial charge in [-0.15, -0.1) is 0 Å². The molecule has 0 spiro atoms. The van der Waals surface area contributed by atoms with Crippen LogP contribution in [0.2, 0.25) is 10.0 Å². The van der Waals surface area contributed by atoms with E-state index in [0.29, 0.717) is 27.9 Å². The van der Waals surface area contributed by atoms with Gasteiger partial charge in [-0.2, -0.15) is 0 Å². The Labute approximate surface area is 280 Å². The SMILES string of the molecule is CCCCNC(=O)[C@H](Cc1ccccc1)N(Cc1ccc(Cl)cc1Cl)C(=O)CN(c1ccc(OC)cc1)S(=O)(=O)c1ccccc1. The van der Waals surface area contributed by atoms with Gasteiger partial charge >= 0.3 is 0 Å². The zero-order chi connectivity index (χ0) is 33.1. The largest absolute Gasteiger partial charge is 0.497 e. The lowest BCUT2D eigenvalue weighted by molar-refractivity contribution is -0.140. The number of hydrogen-bond donors (Lipinski definition) is 1. The molecule has 0 aliphatic rings. The number of rotatable bonds is 15. The second-order valence-electron chi connectivity index (χ2n) is 10.6. The summed E-state index contributed by atoms with van der Waals surface area (Å²) in [5.41, 5.74) is 1.65. The van der Waals surface area contributed by atoms with Gasteiger partial charge in [0.15, 0.2) is 0 Å². The van der Waals surface area contributed by atoms with Crippen LogP contribution in [-0.2, 0) is 32.6 Å². The van der Waals surface area contributed by atoms with E-state index >= 15 is 0 Å². The minimum Gasteiger partial charge on any atom is -0.497 e. The van der Waals surface area contributed by atoms with Crippen LogP contribution in [0, 0.1) is 0 Å². The Morgan fingerprint density at radius 3 is 2.15 bits per heavy atom. The number of benzene rings is 4. The van der Waals surface area contributed by atoms with Gasteiger partial charge in [0.2, 0.25) is 11.8 Å². The molecule has 0 fully saturated rings. The summed E-state index contributed by atoms with van der Waals surface area (Å²) in [6, 6.07) is 27.6. The van der Waals surface area contributed by atoms with Crippen molar-refractivity contribution in [1.29, 1.82) is 0 Å². The van der Waals surface area contributed by atoms with Gasteiger partial charge in [0.05, 0.1) is 17.7 Å². The smallest absolute Gasteiger partial charge is 0.264 e. The number of nitrogens with zero attached hydrogens (tertiary/aromatic N) is 2. The Morgan fingerprint density at radius 2 is 1.54 bits per heavy atom. The van der Waals surface area contributed by atoms with Crippen molar-refractivity contribution in [3.63, 3.8) is 0 Å². The van der Waals surface area contributed by atoms with Crippen molar-refractivity contribution < 1.29 is 22.7 Å². The van der Waals surface area contributed by atoms with Gasteiger partial charge in [-0.05, 0) is 66.1 Å². The van der Waals surface area contributed by atoms with Crippen LogP contribution in [-0.4, -0.2) is 51.4 Å². The molecule has 4 aromatic rings. The maximum absolute atomic E-state index is 14.5. The second kappa shape index (κ2) is 16.5. The first-order valence-electron chi connectivity index (χ1n) is 14.9. The van der Waals surface area contributed by atoms with Crippen LogP contribution in [0.1, 0.15) is 30.9 Å². The molecule has 0 saturated heterocycles. The van der Waals surface area contributed by atoms with E-state index in [1.165, 1.54) is 24.1 Å². The van der Waals surface area contributed by atoms with Crippen molar-refractivity contribution in [2.24, 2.45) is 0 Å². The number of amides is 2. The highest BCUT2D eigenvalue weighted by Gasteiger charge is 2.35. The quantitative estimate of drug-likeness (QED) is 0.140. The van der Waals surface area contributed by atoms with E-state index in [-0.39, 0.29) is 29.5 Å². The van der Waals surface area contributed by atoms with Gasteiger partial charge < -0.3 is 15.0 Å². The maximum Gasteiger partial charge on any atom is 0.264 e. The minimum absolute atomic E-state index is 0.0176. The van der Waals surface area contributed by atoms with Crippen LogP contribution < -0.4 is 14.4 Å². The molecule has 4 rings (SSSR count). The van der Waals surface area contributed by atoms with Crippen LogP contribution in [0.3, 0.4) is 0 Å². The van der Waals surface area contributed by atoms with E-state index in [1.54, 1.807) is 60.7 Å². The zero-order valence-corrected chi connectivity index (χ0v) is 28.1. The molecule has 0 bridgehead atoms. The molecule has 0 aliphatic carbocycles. The molecule has 4 aromatic carbocycles. The van der Waals surface area contributed by atoms with Gasteiger partial charge in [0.25, 0.3) is 10.0 Å². The van der Waals surface area contributed by atoms with Gasteiger partial charge in [-0.1, -0.05) is 91.1 Å². The van der Waals surface area contributed by atoms with E-state index < -0.39 is 28.5 Å². The highest BCUT2D eigenvalue weighted by atomic mass is 35.5. The number of anilines is 1. The van der Waals surface area contributed by atoms with Gasteiger partial charge in [0.1, 0.15) is 18.3 Å². The molecule has 0 unspecified atom stereocenters. The van der Waals surface area contributed by atoms with Crippen LogP contribution >= 0.6 is 23.2 Å². The average Bonchev–Trinajstić information content (AvgIpc) is 3.07. The van der Waals surface area contributed by atoms with Crippen LogP contribution in [0.25, 0.3) is 0 Å². The highest BCUT2D eigenvalue weighted by molar-refractivity contribution is 7.92. The Bertz CT molecular complexity index is 1710. The number of unbranched alkanes of at least 4 members (excludes halogenated alkanes) is 1. The minimum atomic E-state index is -4.21. The molecular weight excluding hydrogens is 645 g/mol. The molecule has 8 nitrogen and oxygen atoms in total. The zero-order valence-electron chi connectivity index (χ0n) is 25.7. The first kappa shape index (κ1) is 34.8. The number of halogens is 2. The second-order valence-corrected chi connectivity index (χ2v) is 13.3. The first-order valence-corrected chi connectivity index (χ1v) is 17.1. The van der Waals surface area contributed by atoms with Gasteiger partial charge in [-0.3, -0.25) is 13.9 Å². The molecular formula is C35H37Cl2N3O5S. The molecule has 0 radical (unpaired) electrons. The molecule has 11 heteroatoms. The van der Waals surface area contributed by atoms with Crippen LogP contribution in [0.15, 0.2) is 108 Å². The summed E-state index contributed by atoms with van der Waals surface area (Å²) in [4.78, 5) is 29.8. The van der Waals surface area contributed by atoms with Crippen molar-refractivity contribution in [1.82, 2.24) is 10.2 Å². The summed E-state index contributed by atoms with van der Waals surface area (Å²) in [5.74, 6) is -0.414. The maximum atomic E-state index is 14.5. The highest BCUT2D eigenvalue weighted by Crippen LogP contribution is 2.28. The number of carbonyl (C=O) groups is 2. The van der Waals surface area contributed by atoms with E-state index in [9.17, 15) is 18.0 Å². The summed E-state index contributed by atoms with van der Waals surface area (Å²) in [7, 11) is -2.70. The summed E-state index contributed by atoms with van der Waals surface area (Å²) >= 11 is 12.7. The molecule has 0 aliphatic heterocycles. The molecule has 46 heavy (non-hydrogen) atoms. The van der Waals surface area contributed by atoms with E-state index in [1.807, 2.05) is 37.3 Å². The van der Waals surface area contributed by atoms with Crippen LogP contribution in [0.4, 0.5) is 5.69 Å². The fourth-order valence-electron chi connectivity index (χ4n) is 4.89. The molecule has 0 heterocycles. The predicted molar refractivity (Wildman–Crippen MR) is 183 cm³/mol. The lowest BCUT2D eigenvalue weighted by Crippen LogP contribution is -2.53. The van der Waals surface area contributed by atoms with E-state index in [2.05, 4.69) is 5.32 Å². The Kier molecular flexibility index (Phi) is 12.5. The monoisotopic (exact) mass is 681 g/mol. The number of nitrogens with one attached hydrogen (secondary N) is 1. The predicted octanol–water partition coefficient (Wildman–Crippen LogP) is 6.75. The third kappa shape index (κ3) is 9.02.